The average Bonchev–Trinajstić information content (AvgIpc) is 3.18. The first kappa shape index (κ1) is 16.3. The average molecular weight is 306 g/mol. The van der Waals surface area contributed by atoms with Gasteiger partial charge in [0, 0.05) is 23.5 Å². The van der Waals surface area contributed by atoms with Crippen molar-refractivity contribution in [3.05, 3.63) is 29.6 Å². The van der Waals surface area contributed by atoms with Gasteiger partial charge < -0.3 is 9.84 Å². The molecule has 1 unspecified atom stereocenters. The first-order valence-corrected chi connectivity index (χ1v) is 7.36. The van der Waals surface area contributed by atoms with Crippen molar-refractivity contribution < 1.29 is 19.4 Å². The van der Waals surface area contributed by atoms with Crippen LogP contribution in [-0.2, 0) is 9.53 Å². The van der Waals surface area contributed by atoms with Crippen LogP contribution >= 0.6 is 0 Å². The summed E-state index contributed by atoms with van der Waals surface area (Å²) in [5.41, 5.74) is 0.609. The Morgan fingerprint density at radius 1 is 1.36 bits per heavy atom. The molecule has 0 bridgehead atoms. The van der Waals surface area contributed by atoms with Crippen molar-refractivity contribution in [1.29, 1.82) is 0 Å². The predicted octanol–water partition coefficient (Wildman–Crippen LogP) is 2.92. The Labute approximate surface area is 130 Å². The van der Waals surface area contributed by atoms with Gasteiger partial charge in [-0.15, -0.1) is 0 Å². The number of carbonyl (C=O) groups is 2. The molecule has 0 spiro atoms. The zero-order valence-electron chi connectivity index (χ0n) is 13.4. The number of nitrogens with zero attached hydrogens (tertiary/aromatic N) is 2. The van der Waals surface area contributed by atoms with Crippen molar-refractivity contribution in [3.8, 4) is 0 Å². The van der Waals surface area contributed by atoms with Crippen molar-refractivity contribution in [2.75, 3.05) is 0 Å². The molecule has 0 aliphatic heterocycles. The third kappa shape index (κ3) is 3.96. The minimum absolute atomic E-state index is 0.0859. The predicted molar refractivity (Wildman–Crippen MR) is 80.4 cm³/mol. The number of aromatic nitrogens is 1. The van der Waals surface area contributed by atoms with Gasteiger partial charge in [0.1, 0.15) is 5.60 Å². The molecule has 1 amide bonds. The molecule has 0 radical (unpaired) electrons. The number of hydrogen-bond acceptors (Lipinski definition) is 4. The minimum atomic E-state index is -1.08. The molecule has 22 heavy (non-hydrogen) atoms. The topological polar surface area (TPSA) is 79.7 Å². The van der Waals surface area contributed by atoms with Gasteiger partial charge in [0.15, 0.2) is 6.04 Å². The standard InChI is InChI=1S/C16H22N2O4/c1-10-5-6-11(9-17-10)13(14(19)20)18(12-7-8-12)15(21)22-16(2,3)4/h5-6,9,12-13H,7-8H2,1-4H3,(H,19,20). The lowest BCUT2D eigenvalue weighted by Crippen LogP contribution is -2.43. The molecular weight excluding hydrogens is 284 g/mol. The smallest absolute Gasteiger partial charge is 0.411 e. The molecule has 1 aliphatic rings. The lowest BCUT2D eigenvalue weighted by Gasteiger charge is -2.31. The quantitative estimate of drug-likeness (QED) is 0.925. The van der Waals surface area contributed by atoms with Gasteiger partial charge in [0.2, 0.25) is 0 Å². The van der Waals surface area contributed by atoms with E-state index in [4.69, 9.17) is 4.74 Å². The van der Waals surface area contributed by atoms with Crippen LogP contribution in [0.2, 0.25) is 0 Å². The summed E-state index contributed by atoms with van der Waals surface area (Å²) >= 11 is 0. The zero-order chi connectivity index (χ0) is 16.5. The summed E-state index contributed by atoms with van der Waals surface area (Å²) in [4.78, 5) is 29.7. The summed E-state index contributed by atoms with van der Waals surface area (Å²) in [5.74, 6) is -1.08. The highest BCUT2D eigenvalue weighted by Gasteiger charge is 2.43. The van der Waals surface area contributed by atoms with Crippen LogP contribution in [0.1, 0.15) is 50.9 Å². The SMILES string of the molecule is Cc1ccc(C(C(=O)O)N(C(=O)OC(C)(C)C)C2CC2)cn1. The maximum atomic E-state index is 12.4. The number of hydrogen-bond donors (Lipinski definition) is 1. The maximum Gasteiger partial charge on any atom is 0.411 e. The Bertz CT molecular complexity index is 559. The Hall–Kier alpha value is -2.11. The number of carboxylic acids is 1. The van der Waals surface area contributed by atoms with Crippen molar-refractivity contribution >= 4 is 12.1 Å². The van der Waals surface area contributed by atoms with Crippen LogP contribution in [0, 0.1) is 6.92 Å². The van der Waals surface area contributed by atoms with E-state index in [1.165, 1.54) is 11.1 Å². The third-order valence-corrected chi connectivity index (χ3v) is 3.31. The molecular formula is C16H22N2O4. The number of aryl methyl sites for hydroxylation is 1. The Morgan fingerprint density at radius 2 is 2.00 bits per heavy atom. The van der Waals surface area contributed by atoms with Crippen molar-refractivity contribution in [2.45, 2.75) is 58.2 Å². The molecule has 1 N–H and O–H groups in total. The molecule has 1 fully saturated rings. The minimum Gasteiger partial charge on any atom is -0.479 e. The lowest BCUT2D eigenvalue weighted by atomic mass is 10.1. The number of carbonyl (C=O) groups excluding carboxylic acids is 1. The molecule has 1 atom stereocenters. The Morgan fingerprint density at radius 3 is 2.41 bits per heavy atom. The van der Waals surface area contributed by atoms with Crippen molar-refractivity contribution in [3.63, 3.8) is 0 Å². The highest BCUT2D eigenvalue weighted by molar-refractivity contribution is 5.82. The molecule has 1 heterocycles. The molecule has 2 rings (SSSR count). The van der Waals surface area contributed by atoms with Crippen LogP contribution in [0.15, 0.2) is 18.3 Å². The Balaban J connectivity index is 2.32. The highest BCUT2D eigenvalue weighted by Crippen LogP contribution is 2.36. The maximum absolute atomic E-state index is 12.4. The van der Waals surface area contributed by atoms with Crippen LogP contribution in [-0.4, -0.2) is 38.7 Å². The second-order valence-corrected chi connectivity index (χ2v) is 6.59. The molecule has 1 saturated carbocycles. The first-order chi connectivity index (χ1) is 10.2. The summed E-state index contributed by atoms with van der Waals surface area (Å²) in [5, 5.41) is 9.61. The van der Waals surface area contributed by atoms with Gasteiger partial charge in [0.05, 0.1) is 0 Å². The summed E-state index contributed by atoms with van der Waals surface area (Å²) in [6.45, 7) is 7.11. The molecule has 1 aromatic heterocycles. The third-order valence-electron chi connectivity index (χ3n) is 3.31. The van der Waals surface area contributed by atoms with Gasteiger partial charge in [-0.3, -0.25) is 9.88 Å². The number of aliphatic carboxylic acids is 1. The van der Waals surface area contributed by atoms with E-state index >= 15 is 0 Å². The van der Waals surface area contributed by atoms with E-state index in [1.807, 2.05) is 6.92 Å². The lowest BCUT2D eigenvalue weighted by molar-refractivity contribution is -0.143. The molecule has 1 aliphatic carbocycles. The van der Waals surface area contributed by atoms with Gasteiger partial charge >= 0.3 is 12.1 Å². The number of carboxylic acid groups (broad SMARTS) is 1. The van der Waals surface area contributed by atoms with E-state index in [0.29, 0.717) is 5.56 Å². The van der Waals surface area contributed by atoms with E-state index in [1.54, 1.807) is 32.9 Å². The molecule has 120 valence electrons. The van der Waals surface area contributed by atoms with Crippen LogP contribution in [0.5, 0.6) is 0 Å². The fourth-order valence-corrected chi connectivity index (χ4v) is 2.20. The van der Waals surface area contributed by atoms with Crippen LogP contribution in [0.3, 0.4) is 0 Å². The number of rotatable bonds is 4. The number of amides is 1. The van der Waals surface area contributed by atoms with Gasteiger partial charge in [0.25, 0.3) is 0 Å². The van der Waals surface area contributed by atoms with Gasteiger partial charge in [-0.25, -0.2) is 9.59 Å². The first-order valence-electron chi connectivity index (χ1n) is 7.36. The fraction of sp³-hybridized carbons (Fsp3) is 0.562. The summed E-state index contributed by atoms with van der Waals surface area (Å²) < 4.78 is 5.38. The van der Waals surface area contributed by atoms with E-state index in [-0.39, 0.29) is 6.04 Å². The molecule has 1 aromatic rings. The highest BCUT2D eigenvalue weighted by atomic mass is 16.6. The van der Waals surface area contributed by atoms with E-state index in [0.717, 1.165) is 18.5 Å². The second kappa shape index (κ2) is 5.94. The Kier molecular flexibility index (Phi) is 4.39. The second-order valence-electron chi connectivity index (χ2n) is 6.59. The molecule has 0 saturated heterocycles. The summed E-state index contributed by atoms with van der Waals surface area (Å²) in [6.07, 6.45) is 2.50. The van der Waals surface area contributed by atoms with Crippen molar-refractivity contribution in [1.82, 2.24) is 9.88 Å². The zero-order valence-corrected chi connectivity index (χ0v) is 13.4. The fourth-order valence-electron chi connectivity index (χ4n) is 2.20. The van der Waals surface area contributed by atoms with Gasteiger partial charge in [-0.2, -0.15) is 0 Å². The molecule has 6 heteroatoms. The molecule has 6 nitrogen and oxygen atoms in total. The summed E-state index contributed by atoms with van der Waals surface area (Å²) in [7, 11) is 0. The van der Waals surface area contributed by atoms with Crippen LogP contribution in [0.4, 0.5) is 4.79 Å². The largest absolute Gasteiger partial charge is 0.479 e. The van der Waals surface area contributed by atoms with Gasteiger partial charge in [-0.1, -0.05) is 6.07 Å². The monoisotopic (exact) mass is 306 g/mol. The van der Waals surface area contributed by atoms with E-state index in [9.17, 15) is 14.7 Å². The van der Waals surface area contributed by atoms with Crippen LogP contribution in [0.25, 0.3) is 0 Å². The molecule has 0 aromatic carbocycles. The van der Waals surface area contributed by atoms with E-state index in [2.05, 4.69) is 4.98 Å². The van der Waals surface area contributed by atoms with Crippen LogP contribution < -0.4 is 0 Å². The van der Waals surface area contributed by atoms with E-state index < -0.39 is 23.7 Å². The van der Waals surface area contributed by atoms with Gasteiger partial charge in [-0.05, 0) is 46.6 Å². The number of pyridine rings is 1. The summed E-state index contributed by atoms with van der Waals surface area (Å²) in [6, 6.07) is 2.28. The number of ether oxygens (including phenoxy) is 1. The van der Waals surface area contributed by atoms with Crippen molar-refractivity contribution in [2.24, 2.45) is 0 Å². The normalized spacial score (nSPS) is 16.0.